The fourth-order valence-electron chi connectivity index (χ4n) is 5.02. The maximum atomic E-state index is 11.9. The number of para-hydroxylation sites is 1. The minimum atomic E-state index is -0.702. The molecule has 4 heteroatoms. The minimum Gasteiger partial charge on any atom is -0.298 e. The van der Waals surface area contributed by atoms with Crippen molar-refractivity contribution in [3.63, 3.8) is 0 Å². The highest BCUT2D eigenvalue weighted by Gasteiger charge is 2.39. The van der Waals surface area contributed by atoms with Gasteiger partial charge in [-0.05, 0) is 28.8 Å². The number of nitrogens with zero attached hydrogens (tertiary/aromatic N) is 3. The summed E-state index contributed by atoms with van der Waals surface area (Å²) in [5, 5.41) is 5.76. The van der Waals surface area contributed by atoms with Gasteiger partial charge in [0.2, 0.25) is 0 Å². The SMILES string of the molecule is O=Cc1cc(-c2cnn(C(c3ccccc3)(c3ccccc3)c3ccccc3)c2)nc2ccccc12. The lowest BCUT2D eigenvalue weighted by atomic mass is 9.77. The van der Waals surface area contributed by atoms with Crippen LogP contribution in [0, 0.1) is 0 Å². The lowest BCUT2D eigenvalue weighted by Gasteiger charge is -2.36. The van der Waals surface area contributed by atoms with Gasteiger partial charge in [0, 0.05) is 22.7 Å². The molecule has 0 N–H and O–H groups in total. The Bertz CT molecular complexity index is 1540. The molecule has 0 aliphatic carbocycles. The van der Waals surface area contributed by atoms with Crippen LogP contribution in [0.4, 0.5) is 0 Å². The summed E-state index contributed by atoms with van der Waals surface area (Å²) in [7, 11) is 0. The fraction of sp³-hybridized carbons (Fsp3) is 0.0312. The van der Waals surface area contributed by atoms with E-state index in [1.807, 2.05) is 65.6 Å². The summed E-state index contributed by atoms with van der Waals surface area (Å²) in [6.07, 6.45) is 4.74. The molecular formula is C32H23N3O. The maximum Gasteiger partial charge on any atom is 0.150 e. The highest BCUT2D eigenvalue weighted by Crippen LogP contribution is 2.41. The molecule has 0 fully saturated rings. The molecule has 0 saturated heterocycles. The standard InChI is InChI=1S/C32H23N3O/c36-23-24-20-31(34-30-19-11-10-18-29(24)30)25-21-33-35(22-25)32(26-12-4-1-5-13-26,27-14-6-2-7-15-27)28-16-8-3-9-17-28/h1-23H. The zero-order valence-electron chi connectivity index (χ0n) is 19.5. The molecule has 4 aromatic carbocycles. The maximum absolute atomic E-state index is 11.9. The largest absolute Gasteiger partial charge is 0.298 e. The van der Waals surface area contributed by atoms with Crippen molar-refractivity contribution in [2.45, 2.75) is 5.54 Å². The Hall–Kier alpha value is -4.83. The summed E-state index contributed by atoms with van der Waals surface area (Å²) in [4.78, 5) is 16.7. The molecule has 6 aromatic rings. The molecule has 6 rings (SSSR count). The van der Waals surface area contributed by atoms with Crippen molar-refractivity contribution in [2.24, 2.45) is 0 Å². The van der Waals surface area contributed by atoms with Gasteiger partial charge < -0.3 is 0 Å². The number of aromatic nitrogens is 3. The van der Waals surface area contributed by atoms with Crippen LogP contribution < -0.4 is 0 Å². The second-order valence-electron chi connectivity index (χ2n) is 8.71. The first-order valence-electron chi connectivity index (χ1n) is 11.9. The van der Waals surface area contributed by atoms with E-state index in [0.717, 1.165) is 39.4 Å². The van der Waals surface area contributed by atoms with Gasteiger partial charge in [0.1, 0.15) is 5.54 Å². The first-order valence-corrected chi connectivity index (χ1v) is 11.9. The normalized spacial score (nSPS) is 11.4. The first-order chi connectivity index (χ1) is 17.8. The van der Waals surface area contributed by atoms with Gasteiger partial charge in [0.05, 0.1) is 17.4 Å². The summed E-state index contributed by atoms with van der Waals surface area (Å²) in [5.41, 5.74) is 5.54. The number of hydrogen-bond donors (Lipinski definition) is 0. The Morgan fingerprint density at radius 1 is 0.667 bits per heavy atom. The molecule has 0 amide bonds. The number of carbonyl (C=O) groups is 1. The monoisotopic (exact) mass is 465 g/mol. The van der Waals surface area contributed by atoms with Crippen molar-refractivity contribution in [1.29, 1.82) is 0 Å². The van der Waals surface area contributed by atoms with E-state index in [1.165, 1.54) is 0 Å². The van der Waals surface area contributed by atoms with Gasteiger partial charge in [-0.25, -0.2) is 4.98 Å². The summed E-state index contributed by atoms with van der Waals surface area (Å²) in [6.45, 7) is 0. The van der Waals surface area contributed by atoms with Gasteiger partial charge in [-0.1, -0.05) is 109 Å². The third-order valence-corrected chi connectivity index (χ3v) is 6.67. The lowest BCUT2D eigenvalue weighted by molar-refractivity contribution is 0.112. The minimum absolute atomic E-state index is 0.615. The van der Waals surface area contributed by atoms with Crippen molar-refractivity contribution in [2.75, 3.05) is 0 Å². The van der Waals surface area contributed by atoms with E-state index in [-0.39, 0.29) is 0 Å². The average Bonchev–Trinajstić information content (AvgIpc) is 3.45. The van der Waals surface area contributed by atoms with Crippen LogP contribution >= 0.6 is 0 Å². The molecule has 0 spiro atoms. The summed E-state index contributed by atoms with van der Waals surface area (Å²) in [6, 6.07) is 40.8. The quantitative estimate of drug-likeness (QED) is 0.202. The number of carbonyl (C=O) groups excluding carboxylic acids is 1. The van der Waals surface area contributed by atoms with Crippen molar-refractivity contribution < 1.29 is 4.79 Å². The number of hydrogen-bond acceptors (Lipinski definition) is 3. The van der Waals surface area contributed by atoms with Crippen molar-refractivity contribution in [3.05, 3.63) is 156 Å². The van der Waals surface area contributed by atoms with E-state index >= 15 is 0 Å². The van der Waals surface area contributed by atoms with Crippen molar-refractivity contribution >= 4 is 17.2 Å². The van der Waals surface area contributed by atoms with Crippen molar-refractivity contribution in [3.8, 4) is 11.3 Å². The molecule has 0 saturated carbocycles. The molecule has 0 aliphatic rings. The highest BCUT2D eigenvalue weighted by molar-refractivity contribution is 5.98. The lowest BCUT2D eigenvalue weighted by Crippen LogP contribution is -2.38. The van der Waals surface area contributed by atoms with Crippen LogP contribution in [0.1, 0.15) is 27.0 Å². The summed E-state index contributed by atoms with van der Waals surface area (Å²) in [5.74, 6) is 0. The highest BCUT2D eigenvalue weighted by atomic mass is 16.1. The van der Waals surface area contributed by atoms with Gasteiger partial charge in [-0.15, -0.1) is 0 Å². The molecule has 0 bridgehead atoms. The molecule has 36 heavy (non-hydrogen) atoms. The topological polar surface area (TPSA) is 47.8 Å². The molecule has 0 radical (unpaired) electrons. The second-order valence-corrected chi connectivity index (χ2v) is 8.71. The van der Waals surface area contributed by atoms with E-state index in [1.54, 1.807) is 0 Å². The summed E-state index contributed by atoms with van der Waals surface area (Å²) >= 11 is 0. The number of aldehydes is 1. The van der Waals surface area contributed by atoms with Crippen LogP contribution in [0.25, 0.3) is 22.2 Å². The molecule has 172 valence electrons. The van der Waals surface area contributed by atoms with E-state index in [2.05, 4.69) is 72.8 Å². The van der Waals surface area contributed by atoms with E-state index in [4.69, 9.17) is 10.1 Å². The predicted octanol–water partition coefficient (Wildman–Crippen LogP) is 6.75. The smallest absolute Gasteiger partial charge is 0.150 e. The van der Waals surface area contributed by atoms with Crippen LogP contribution in [0.2, 0.25) is 0 Å². The van der Waals surface area contributed by atoms with Gasteiger partial charge >= 0.3 is 0 Å². The van der Waals surface area contributed by atoms with Gasteiger partial charge in [0.25, 0.3) is 0 Å². The van der Waals surface area contributed by atoms with Crippen molar-refractivity contribution in [1.82, 2.24) is 14.8 Å². The third-order valence-electron chi connectivity index (χ3n) is 6.67. The third kappa shape index (κ3) is 3.51. The number of pyridine rings is 1. The number of fused-ring (bicyclic) bond motifs is 1. The van der Waals surface area contributed by atoms with E-state index in [0.29, 0.717) is 11.3 Å². The van der Waals surface area contributed by atoms with Crippen LogP contribution in [-0.2, 0) is 5.54 Å². The fourth-order valence-corrected chi connectivity index (χ4v) is 5.02. The zero-order valence-corrected chi connectivity index (χ0v) is 19.5. The van der Waals surface area contributed by atoms with Crippen LogP contribution in [0.15, 0.2) is 134 Å². The van der Waals surface area contributed by atoms with Crippen LogP contribution in [0.3, 0.4) is 0 Å². The van der Waals surface area contributed by atoms with Gasteiger partial charge in [0.15, 0.2) is 6.29 Å². The van der Waals surface area contributed by atoms with Gasteiger partial charge in [-0.2, -0.15) is 5.10 Å². The summed E-state index contributed by atoms with van der Waals surface area (Å²) < 4.78 is 2.01. The molecule has 0 atom stereocenters. The molecule has 2 heterocycles. The zero-order chi connectivity index (χ0) is 24.4. The molecular weight excluding hydrogens is 442 g/mol. The second kappa shape index (κ2) is 9.08. The Morgan fingerprint density at radius 3 is 1.75 bits per heavy atom. The molecule has 0 unspecified atom stereocenters. The molecule has 0 aliphatic heterocycles. The number of rotatable bonds is 6. The Kier molecular flexibility index (Phi) is 5.47. The Morgan fingerprint density at radius 2 is 1.19 bits per heavy atom. The average molecular weight is 466 g/mol. The molecule has 2 aromatic heterocycles. The Labute approximate surface area is 209 Å². The van der Waals surface area contributed by atoms with Crippen LogP contribution in [0.5, 0.6) is 0 Å². The van der Waals surface area contributed by atoms with E-state index in [9.17, 15) is 4.79 Å². The molecule has 4 nitrogen and oxygen atoms in total. The van der Waals surface area contributed by atoms with E-state index < -0.39 is 5.54 Å². The Balaban J connectivity index is 1.62. The predicted molar refractivity (Wildman–Crippen MR) is 143 cm³/mol. The first kappa shape index (κ1) is 21.7. The number of benzene rings is 4. The van der Waals surface area contributed by atoms with Crippen LogP contribution in [-0.4, -0.2) is 21.1 Å². The van der Waals surface area contributed by atoms with Gasteiger partial charge in [-0.3, -0.25) is 9.48 Å².